The van der Waals surface area contributed by atoms with Crippen molar-refractivity contribution >= 4 is 23.9 Å². The van der Waals surface area contributed by atoms with E-state index in [-0.39, 0.29) is 25.7 Å². The number of rotatable bonds is 16. The number of benzene rings is 4. The zero-order valence-corrected chi connectivity index (χ0v) is 32.8. The predicted molar refractivity (Wildman–Crippen MR) is 214 cm³/mol. The van der Waals surface area contributed by atoms with Crippen LogP contribution in [0.2, 0.25) is 0 Å². The molecule has 10 nitrogen and oxygen atoms in total. The van der Waals surface area contributed by atoms with Crippen LogP contribution in [-0.2, 0) is 73.3 Å². The smallest absolute Gasteiger partial charge is 0.306 e. The van der Waals surface area contributed by atoms with Crippen LogP contribution >= 0.6 is 0 Å². The molecular weight excluding hydrogens is 737 g/mol. The first kappa shape index (κ1) is 40.9. The van der Waals surface area contributed by atoms with Crippen molar-refractivity contribution in [2.45, 2.75) is 126 Å². The van der Waals surface area contributed by atoms with E-state index in [1.807, 2.05) is 121 Å². The van der Waals surface area contributed by atoms with Crippen molar-refractivity contribution in [2.75, 3.05) is 0 Å². The molecule has 10 heteroatoms. The number of aryl methyl sites for hydroxylation is 4. The second-order valence-corrected chi connectivity index (χ2v) is 15.4. The van der Waals surface area contributed by atoms with Gasteiger partial charge in [0.05, 0.1) is 0 Å². The first-order valence-corrected chi connectivity index (χ1v) is 20.6. The van der Waals surface area contributed by atoms with Crippen LogP contribution in [0.4, 0.5) is 0 Å². The SMILES string of the molecule is O=C(CCc1ccccc1)O[C@@H]1[C@H](OC(=O)CCc2ccccc2)[C@@H](OC(=O)CCc2ccccc2)[C@@H]2OC3(CCCCC3)O[C@@H]2[C@H]1OC(=O)CCc1ccccc1. The number of carbonyl (C=O) groups excluding carboxylic acids is 4. The Morgan fingerprint density at radius 3 is 0.983 bits per heavy atom. The summed E-state index contributed by atoms with van der Waals surface area (Å²) in [6.07, 6.45) is -1.65. The summed E-state index contributed by atoms with van der Waals surface area (Å²) in [6, 6.07) is 38.2. The Hall–Kier alpha value is -5.32. The van der Waals surface area contributed by atoms with Crippen molar-refractivity contribution in [2.24, 2.45) is 0 Å². The highest BCUT2D eigenvalue weighted by molar-refractivity contribution is 5.73. The lowest BCUT2D eigenvalue weighted by molar-refractivity contribution is -0.236. The zero-order chi connectivity index (χ0) is 40.2. The standard InChI is InChI=1S/C48H52O10/c49-38(28-24-34-16-6-1-7-17-34)53-42-43(54-39(50)29-25-35-18-8-2-9-19-35)45(56-41(52)31-27-37-22-12-4-13-23-37)47-46(57-48(58-47)32-14-5-15-33-48)44(42)55-40(51)30-26-36-20-10-3-11-21-36/h1-4,6-13,16-23,42-47H,5,14-15,24-33H2/t42-,43+,44+,45-,46-,47+. The van der Waals surface area contributed by atoms with Gasteiger partial charge in [0.1, 0.15) is 12.2 Å². The lowest BCUT2D eigenvalue weighted by atomic mass is 9.84. The van der Waals surface area contributed by atoms with Gasteiger partial charge < -0.3 is 28.4 Å². The fraction of sp³-hybridized carbons (Fsp3) is 0.417. The minimum atomic E-state index is -1.37. The monoisotopic (exact) mass is 788 g/mol. The molecule has 58 heavy (non-hydrogen) atoms. The van der Waals surface area contributed by atoms with E-state index in [9.17, 15) is 19.2 Å². The summed E-state index contributed by atoms with van der Waals surface area (Å²) in [4.78, 5) is 55.3. The van der Waals surface area contributed by atoms with E-state index in [2.05, 4.69) is 0 Å². The third-order valence-electron chi connectivity index (χ3n) is 11.2. The van der Waals surface area contributed by atoms with Crippen LogP contribution in [-0.4, -0.2) is 66.3 Å². The van der Waals surface area contributed by atoms with Crippen LogP contribution in [0.5, 0.6) is 0 Å². The first-order chi connectivity index (χ1) is 28.3. The molecule has 0 radical (unpaired) electrons. The highest BCUT2D eigenvalue weighted by Crippen LogP contribution is 2.47. The molecule has 7 rings (SSSR count). The lowest BCUT2D eigenvalue weighted by Crippen LogP contribution is -2.66. The lowest BCUT2D eigenvalue weighted by Gasteiger charge is -2.44. The molecule has 2 saturated carbocycles. The fourth-order valence-electron chi connectivity index (χ4n) is 8.18. The Morgan fingerprint density at radius 2 is 0.690 bits per heavy atom. The Labute approximate surface area is 340 Å². The molecule has 0 aromatic heterocycles. The minimum absolute atomic E-state index is 0.000774. The van der Waals surface area contributed by atoms with Crippen LogP contribution < -0.4 is 0 Å². The van der Waals surface area contributed by atoms with Crippen molar-refractivity contribution in [3.05, 3.63) is 144 Å². The molecule has 4 aromatic rings. The van der Waals surface area contributed by atoms with E-state index in [0.29, 0.717) is 38.5 Å². The largest absolute Gasteiger partial charge is 0.455 e. The van der Waals surface area contributed by atoms with Gasteiger partial charge in [0.25, 0.3) is 0 Å². The Bertz CT molecular complexity index is 1800. The molecule has 1 heterocycles. The van der Waals surface area contributed by atoms with Crippen molar-refractivity contribution in [3.63, 3.8) is 0 Å². The molecule has 6 atom stereocenters. The highest BCUT2D eigenvalue weighted by atomic mass is 16.8. The van der Waals surface area contributed by atoms with E-state index in [0.717, 1.165) is 41.5 Å². The summed E-state index contributed by atoms with van der Waals surface area (Å²) in [5.74, 6) is -3.31. The van der Waals surface area contributed by atoms with E-state index in [4.69, 9.17) is 28.4 Å². The normalized spacial score (nSPS) is 23.3. The summed E-state index contributed by atoms with van der Waals surface area (Å²) in [5, 5.41) is 0. The van der Waals surface area contributed by atoms with Crippen LogP contribution in [0, 0.1) is 0 Å². The molecule has 1 spiro atoms. The molecule has 3 aliphatic rings. The van der Waals surface area contributed by atoms with E-state index < -0.39 is 66.3 Å². The van der Waals surface area contributed by atoms with E-state index >= 15 is 0 Å². The average molecular weight is 789 g/mol. The Kier molecular flexibility index (Phi) is 14.0. The van der Waals surface area contributed by atoms with E-state index in [1.165, 1.54) is 0 Å². The number of esters is 4. The van der Waals surface area contributed by atoms with Crippen molar-refractivity contribution < 1.29 is 47.6 Å². The van der Waals surface area contributed by atoms with E-state index in [1.54, 1.807) is 0 Å². The van der Waals surface area contributed by atoms with Gasteiger partial charge in [0, 0.05) is 38.5 Å². The molecule has 0 unspecified atom stereocenters. The van der Waals surface area contributed by atoms with Gasteiger partial charge in [-0.15, -0.1) is 0 Å². The average Bonchev–Trinajstić information content (AvgIpc) is 3.62. The molecule has 1 aliphatic heterocycles. The summed E-state index contributed by atoms with van der Waals surface area (Å²) >= 11 is 0. The van der Waals surface area contributed by atoms with Crippen LogP contribution in [0.1, 0.15) is 80.0 Å². The molecule has 0 amide bonds. The molecule has 4 aromatic carbocycles. The topological polar surface area (TPSA) is 124 Å². The summed E-state index contributed by atoms with van der Waals surface area (Å²) in [7, 11) is 0. The quantitative estimate of drug-likeness (QED) is 0.0828. The number of hydrogen-bond acceptors (Lipinski definition) is 10. The zero-order valence-electron chi connectivity index (χ0n) is 32.8. The van der Waals surface area contributed by atoms with Crippen LogP contribution in [0.3, 0.4) is 0 Å². The number of fused-ring (bicyclic) bond motifs is 1. The third-order valence-corrected chi connectivity index (χ3v) is 11.2. The van der Waals surface area contributed by atoms with Gasteiger partial charge >= 0.3 is 23.9 Å². The molecule has 3 fully saturated rings. The Balaban J connectivity index is 1.21. The number of hydrogen-bond donors (Lipinski definition) is 0. The summed E-state index contributed by atoms with van der Waals surface area (Å²) in [6.45, 7) is 0. The van der Waals surface area contributed by atoms with Crippen molar-refractivity contribution in [1.82, 2.24) is 0 Å². The van der Waals surface area contributed by atoms with Crippen LogP contribution in [0.25, 0.3) is 0 Å². The van der Waals surface area contributed by atoms with Gasteiger partial charge in [0.2, 0.25) is 0 Å². The third kappa shape index (κ3) is 11.0. The molecule has 1 saturated heterocycles. The second kappa shape index (κ2) is 19.9. The van der Waals surface area contributed by atoms with Crippen LogP contribution in [0.15, 0.2) is 121 Å². The van der Waals surface area contributed by atoms with Crippen molar-refractivity contribution in [3.8, 4) is 0 Å². The summed E-state index contributed by atoms with van der Waals surface area (Å²) in [5.41, 5.74) is 3.79. The maximum atomic E-state index is 13.9. The predicted octanol–water partition coefficient (Wildman–Crippen LogP) is 7.62. The number of ether oxygens (including phenoxy) is 6. The van der Waals surface area contributed by atoms with Gasteiger partial charge in [-0.2, -0.15) is 0 Å². The molecule has 0 N–H and O–H groups in total. The first-order valence-electron chi connectivity index (χ1n) is 20.6. The maximum absolute atomic E-state index is 13.9. The van der Waals surface area contributed by atoms with Gasteiger partial charge in [0.15, 0.2) is 30.2 Å². The van der Waals surface area contributed by atoms with Gasteiger partial charge in [-0.1, -0.05) is 128 Å². The summed E-state index contributed by atoms with van der Waals surface area (Å²) < 4.78 is 38.7. The van der Waals surface area contributed by atoms with Gasteiger partial charge in [-0.25, -0.2) is 0 Å². The number of carbonyl (C=O) groups is 4. The molecule has 2 aliphatic carbocycles. The van der Waals surface area contributed by atoms with Gasteiger partial charge in [-0.05, 0) is 60.8 Å². The van der Waals surface area contributed by atoms with Crippen molar-refractivity contribution in [1.29, 1.82) is 0 Å². The second-order valence-electron chi connectivity index (χ2n) is 15.4. The molecule has 304 valence electrons. The highest BCUT2D eigenvalue weighted by Gasteiger charge is 2.65. The maximum Gasteiger partial charge on any atom is 0.306 e. The minimum Gasteiger partial charge on any atom is -0.455 e. The Morgan fingerprint density at radius 1 is 0.414 bits per heavy atom. The fourth-order valence-corrected chi connectivity index (χ4v) is 8.18. The van der Waals surface area contributed by atoms with Gasteiger partial charge in [-0.3, -0.25) is 19.2 Å². The molecular formula is C48H52O10. The molecule has 0 bridgehead atoms.